The van der Waals surface area contributed by atoms with Crippen LogP contribution < -0.4 is 5.73 Å². The zero-order valence-electron chi connectivity index (χ0n) is 10.6. The van der Waals surface area contributed by atoms with Crippen molar-refractivity contribution in [2.45, 2.75) is 32.4 Å². The van der Waals surface area contributed by atoms with Crippen molar-refractivity contribution in [2.24, 2.45) is 0 Å². The Balaban J connectivity index is 2.13. The van der Waals surface area contributed by atoms with Gasteiger partial charge in [0.1, 0.15) is 12.2 Å². The summed E-state index contributed by atoms with van der Waals surface area (Å²) >= 11 is 0. The molecule has 3 N–H and O–H groups in total. The summed E-state index contributed by atoms with van der Waals surface area (Å²) in [6.45, 7) is 4.07. The van der Waals surface area contributed by atoms with Crippen molar-refractivity contribution in [3.05, 3.63) is 42.0 Å². The van der Waals surface area contributed by atoms with E-state index in [0.717, 1.165) is 11.4 Å². The van der Waals surface area contributed by atoms with Gasteiger partial charge < -0.3 is 10.8 Å². The van der Waals surface area contributed by atoms with Gasteiger partial charge in [0.2, 0.25) is 0 Å². The minimum Gasteiger partial charge on any atom is -0.399 e. The topological polar surface area (TPSA) is 77.0 Å². The number of nitrogen functional groups attached to an aromatic ring is 1. The summed E-state index contributed by atoms with van der Waals surface area (Å²) in [5, 5.41) is 14.3. The molecule has 0 amide bonds. The molecule has 0 aliphatic carbocycles. The van der Waals surface area contributed by atoms with Gasteiger partial charge in [0.05, 0.1) is 6.10 Å². The van der Waals surface area contributed by atoms with Crippen molar-refractivity contribution in [1.82, 2.24) is 14.8 Å². The third-order valence-electron chi connectivity index (χ3n) is 2.83. The fraction of sp³-hybridized carbons (Fsp3) is 0.385. The highest BCUT2D eigenvalue weighted by atomic mass is 16.3. The molecule has 0 spiro atoms. The molecule has 1 aromatic carbocycles. The van der Waals surface area contributed by atoms with Crippen LogP contribution >= 0.6 is 0 Å². The molecule has 1 unspecified atom stereocenters. The van der Waals surface area contributed by atoms with Crippen molar-refractivity contribution in [1.29, 1.82) is 0 Å². The first-order valence-electron chi connectivity index (χ1n) is 6.00. The van der Waals surface area contributed by atoms with E-state index in [-0.39, 0.29) is 6.04 Å². The number of rotatable bonds is 4. The molecule has 18 heavy (non-hydrogen) atoms. The van der Waals surface area contributed by atoms with E-state index in [2.05, 4.69) is 10.1 Å². The quantitative estimate of drug-likeness (QED) is 0.805. The smallest absolute Gasteiger partial charge is 0.138 e. The lowest BCUT2D eigenvalue weighted by Crippen LogP contribution is -2.12. The van der Waals surface area contributed by atoms with Gasteiger partial charge >= 0.3 is 0 Å². The van der Waals surface area contributed by atoms with E-state index in [4.69, 9.17) is 5.73 Å². The highest BCUT2D eigenvalue weighted by molar-refractivity contribution is 5.39. The molecule has 0 bridgehead atoms. The molecular weight excluding hydrogens is 228 g/mol. The van der Waals surface area contributed by atoms with E-state index in [1.165, 1.54) is 6.33 Å². The van der Waals surface area contributed by atoms with E-state index in [1.807, 2.05) is 30.7 Å². The lowest BCUT2D eigenvalue weighted by Gasteiger charge is -2.13. The standard InChI is InChI=1S/C13H18N4O/c1-9(2)17-13(15-8-16-17)7-12(18)10-3-5-11(14)6-4-10/h3-6,8-9,12,18H,7,14H2,1-2H3. The number of aromatic nitrogens is 3. The summed E-state index contributed by atoms with van der Waals surface area (Å²) in [6.07, 6.45) is 1.37. The predicted molar refractivity (Wildman–Crippen MR) is 69.9 cm³/mol. The van der Waals surface area contributed by atoms with Crippen molar-refractivity contribution < 1.29 is 5.11 Å². The van der Waals surface area contributed by atoms with Crippen LogP contribution in [0.25, 0.3) is 0 Å². The Morgan fingerprint density at radius 3 is 2.56 bits per heavy atom. The Bertz CT molecular complexity index is 504. The van der Waals surface area contributed by atoms with Gasteiger partial charge in [0.25, 0.3) is 0 Å². The predicted octanol–water partition coefficient (Wildman–Crippen LogP) is 1.72. The first-order chi connectivity index (χ1) is 8.58. The van der Waals surface area contributed by atoms with E-state index >= 15 is 0 Å². The number of aliphatic hydroxyl groups is 1. The van der Waals surface area contributed by atoms with Gasteiger partial charge in [0.15, 0.2) is 0 Å². The molecule has 5 heteroatoms. The van der Waals surface area contributed by atoms with Gasteiger partial charge in [-0.2, -0.15) is 5.10 Å². The minimum atomic E-state index is -0.590. The average Bonchev–Trinajstić information content (AvgIpc) is 2.78. The Morgan fingerprint density at radius 2 is 1.94 bits per heavy atom. The van der Waals surface area contributed by atoms with Crippen molar-refractivity contribution in [3.63, 3.8) is 0 Å². The molecule has 2 aromatic rings. The molecule has 96 valence electrons. The highest BCUT2D eigenvalue weighted by Gasteiger charge is 2.14. The third kappa shape index (κ3) is 2.68. The van der Waals surface area contributed by atoms with Crippen molar-refractivity contribution in [2.75, 3.05) is 5.73 Å². The number of hydrogen-bond acceptors (Lipinski definition) is 4. The van der Waals surface area contributed by atoms with Crippen LogP contribution in [-0.4, -0.2) is 19.9 Å². The van der Waals surface area contributed by atoms with E-state index in [0.29, 0.717) is 12.1 Å². The molecule has 1 heterocycles. The number of benzene rings is 1. The van der Waals surface area contributed by atoms with Gasteiger partial charge in [-0.3, -0.25) is 0 Å². The molecule has 0 aliphatic rings. The molecule has 1 aromatic heterocycles. The Labute approximate surface area is 106 Å². The number of aliphatic hydroxyl groups excluding tert-OH is 1. The molecule has 0 aliphatic heterocycles. The number of nitrogens with zero attached hydrogens (tertiary/aromatic N) is 3. The SMILES string of the molecule is CC(C)n1ncnc1CC(O)c1ccc(N)cc1. The van der Waals surface area contributed by atoms with E-state index < -0.39 is 6.10 Å². The molecule has 0 fully saturated rings. The second-order valence-electron chi connectivity index (χ2n) is 4.60. The fourth-order valence-electron chi connectivity index (χ4n) is 1.86. The van der Waals surface area contributed by atoms with Crippen LogP contribution in [0.3, 0.4) is 0 Å². The lowest BCUT2D eigenvalue weighted by molar-refractivity contribution is 0.173. The summed E-state index contributed by atoms with van der Waals surface area (Å²) in [6, 6.07) is 7.46. The molecular formula is C13H18N4O. The Kier molecular flexibility index (Phi) is 3.62. The van der Waals surface area contributed by atoms with Gasteiger partial charge in [-0.1, -0.05) is 12.1 Å². The van der Waals surface area contributed by atoms with Crippen LogP contribution in [-0.2, 0) is 6.42 Å². The highest BCUT2D eigenvalue weighted by Crippen LogP contribution is 2.19. The summed E-state index contributed by atoms with van der Waals surface area (Å²) in [5.74, 6) is 0.786. The first-order valence-corrected chi connectivity index (χ1v) is 6.00. The van der Waals surface area contributed by atoms with Crippen LogP contribution in [0.2, 0.25) is 0 Å². The normalized spacial score (nSPS) is 12.9. The maximum atomic E-state index is 10.2. The van der Waals surface area contributed by atoms with Crippen LogP contribution in [0.4, 0.5) is 5.69 Å². The molecule has 2 rings (SSSR count). The fourth-order valence-corrected chi connectivity index (χ4v) is 1.86. The maximum Gasteiger partial charge on any atom is 0.138 e. The first kappa shape index (κ1) is 12.6. The molecule has 0 radical (unpaired) electrons. The van der Waals surface area contributed by atoms with E-state index in [9.17, 15) is 5.11 Å². The molecule has 5 nitrogen and oxygen atoms in total. The minimum absolute atomic E-state index is 0.237. The monoisotopic (exact) mass is 246 g/mol. The van der Waals surface area contributed by atoms with Gasteiger partial charge in [-0.25, -0.2) is 9.67 Å². The van der Waals surface area contributed by atoms with Gasteiger partial charge in [-0.15, -0.1) is 0 Å². The molecule has 0 saturated heterocycles. The summed E-state index contributed by atoms with van der Waals surface area (Å²) in [7, 11) is 0. The summed E-state index contributed by atoms with van der Waals surface area (Å²) in [4.78, 5) is 4.19. The number of nitrogens with two attached hydrogens (primary N) is 1. The largest absolute Gasteiger partial charge is 0.399 e. The zero-order chi connectivity index (χ0) is 13.1. The number of hydrogen-bond donors (Lipinski definition) is 2. The van der Waals surface area contributed by atoms with Crippen molar-refractivity contribution in [3.8, 4) is 0 Å². The van der Waals surface area contributed by atoms with Crippen LogP contribution in [0.15, 0.2) is 30.6 Å². The summed E-state index contributed by atoms with van der Waals surface area (Å²) in [5.41, 5.74) is 7.15. The van der Waals surface area contributed by atoms with Gasteiger partial charge in [0, 0.05) is 18.2 Å². The number of anilines is 1. The second kappa shape index (κ2) is 5.18. The lowest BCUT2D eigenvalue weighted by atomic mass is 10.1. The zero-order valence-corrected chi connectivity index (χ0v) is 10.6. The van der Waals surface area contributed by atoms with Crippen molar-refractivity contribution >= 4 is 5.69 Å². The average molecular weight is 246 g/mol. The molecule has 1 atom stereocenters. The van der Waals surface area contributed by atoms with Crippen LogP contribution in [0.5, 0.6) is 0 Å². The second-order valence-corrected chi connectivity index (χ2v) is 4.60. The summed E-state index contributed by atoms with van der Waals surface area (Å²) < 4.78 is 1.82. The van der Waals surface area contributed by atoms with E-state index in [1.54, 1.807) is 12.1 Å². The Morgan fingerprint density at radius 1 is 1.28 bits per heavy atom. The van der Waals surface area contributed by atoms with Crippen LogP contribution in [0, 0.1) is 0 Å². The maximum absolute atomic E-state index is 10.2. The van der Waals surface area contributed by atoms with Crippen LogP contribution in [0.1, 0.15) is 37.4 Å². The molecule has 0 saturated carbocycles. The third-order valence-corrected chi connectivity index (χ3v) is 2.83. The van der Waals surface area contributed by atoms with Gasteiger partial charge in [-0.05, 0) is 31.5 Å². The Hall–Kier alpha value is -1.88.